The van der Waals surface area contributed by atoms with Crippen LogP contribution >= 0.6 is 0 Å². The van der Waals surface area contributed by atoms with Crippen LogP contribution < -0.4 is 33.3 Å². The van der Waals surface area contributed by atoms with Crippen molar-refractivity contribution >= 4 is 11.0 Å². The van der Waals surface area contributed by atoms with Gasteiger partial charge >= 0.3 is 0 Å². The van der Waals surface area contributed by atoms with Crippen molar-refractivity contribution in [2.75, 3.05) is 6.61 Å². The number of nitrogens with zero attached hydrogens (tertiary/aromatic N) is 2. The van der Waals surface area contributed by atoms with Crippen LogP contribution in [-0.2, 0) is 13.1 Å². The molecule has 0 amide bonds. The Morgan fingerprint density at radius 2 is 1.78 bits per heavy atom. The molecule has 1 atom stereocenters. The Labute approximate surface area is 153 Å². The second kappa shape index (κ2) is 8.31. The third-order valence-corrected chi connectivity index (χ3v) is 3.71. The zero-order valence-electron chi connectivity index (χ0n) is 13.1. The summed E-state index contributed by atoms with van der Waals surface area (Å²) in [4.78, 5) is 0. The lowest BCUT2D eigenvalue weighted by Gasteiger charge is -2.10. The number of halogens is 1. The topological polar surface area (TPSA) is 38.3 Å². The van der Waals surface area contributed by atoms with Crippen molar-refractivity contribution in [1.29, 1.82) is 0 Å². The number of imidazole rings is 1. The second-order valence-corrected chi connectivity index (χ2v) is 5.32. The highest BCUT2D eigenvalue weighted by atomic mass is 127. The summed E-state index contributed by atoms with van der Waals surface area (Å²) in [6.07, 6.45) is 1.50. The highest BCUT2D eigenvalue weighted by Crippen LogP contribution is 2.11. The summed E-state index contributed by atoms with van der Waals surface area (Å²) >= 11 is 0. The van der Waals surface area contributed by atoms with Gasteiger partial charge in [-0.2, -0.15) is 0 Å². The Hall–Kier alpha value is -1.60. The van der Waals surface area contributed by atoms with E-state index < -0.39 is 6.10 Å². The normalized spacial score (nSPS) is 11.9. The van der Waals surface area contributed by atoms with Crippen molar-refractivity contribution in [1.82, 2.24) is 4.57 Å². The van der Waals surface area contributed by atoms with E-state index in [-0.39, 0.29) is 30.6 Å². The summed E-state index contributed by atoms with van der Waals surface area (Å²) < 4.78 is 9.88. The predicted octanol–water partition coefficient (Wildman–Crippen LogP) is -0.607. The third kappa shape index (κ3) is 4.23. The number of aliphatic hydroxyl groups excluding tert-OH is 1. The Morgan fingerprint density at radius 3 is 2.52 bits per heavy atom. The molecule has 1 aromatic heterocycles. The number of hydrogen-bond donors (Lipinski definition) is 1. The first-order valence-corrected chi connectivity index (χ1v) is 7.61. The van der Waals surface area contributed by atoms with Gasteiger partial charge in [0, 0.05) is 0 Å². The summed E-state index contributed by atoms with van der Waals surface area (Å²) in [7, 11) is 0. The first-order valence-electron chi connectivity index (χ1n) is 7.61. The fourth-order valence-corrected chi connectivity index (χ4v) is 2.63. The van der Waals surface area contributed by atoms with Crippen molar-refractivity contribution < 1.29 is 38.4 Å². The number of aliphatic hydroxyl groups is 1. The predicted molar refractivity (Wildman–Crippen MR) is 85.8 cm³/mol. The van der Waals surface area contributed by atoms with Gasteiger partial charge in [-0.05, 0) is 31.2 Å². The van der Waals surface area contributed by atoms with E-state index in [0.29, 0.717) is 6.54 Å². The van der Waals surface area contributed by atoms with Gasteiger partial charge in [0.15, 0.2) is 11.0 Å². The van der Waals surface area contributed by atoms with Crippen molar-refractivity contribution in [3.05, 3.63) is 60.9 Å². The maximum absolute atomic E-state index is 10.3. The second-order valence-electron chi connectivity index (χ2n) is 5.32. The van der Waals surface area contributed by atoms with E-state index in [1.807, 2.05) is 42.5 Å². The lowest BCUT2D eigenvalue weighted by Crippen LogP contribution is -3.00. The molecule has 0 spiro atoms. The molecular weight excluding hydrogens is 403 g/mol. The quantitative estimate of drug-likeness (QED) is 0.424. The molecule has 3 aromatic rings. The number of benzene rings is 2. The highest BCUT2D eigenvalue weighted by molar-refractivity contribution is 5.71. The van der Waals surface area contributed by atoms with Gasteiger partial charge in [0.25, 0.3) is 0 Å². The number of ether oxygens (including phenoxy) is 1. The molecule has 3 rings (SSSR count). The van der Waals surface area contributed by atoms with Gasteiger partial charge in [0.2, 0.25) is 6.33 Å². The van der Waals surface area contributed by atoms with Gasteiger partial charge in [-0.25, -0.2) is 9.13 Å². The van der Waals surface area contributed by atoms with E-state index in [2.05, 4.69) is 34.5 Å². The molecule has 23 heavy (non-hydrogen) atoms. The van der Waals surface area contributed by atoms with E-state index >= 15 is 0 Å². The minimum absolute atomic E-state index is 0. The van der Waals surface area contributed by atoms with E-state index in [9.17, 15) is 5.11 Å². The summed E-state index contributed by atoms with van der Waals surface area (Å²) in [6, 6.07) is 17.8. The molecule has 122 valence electrons. The van der Waals surface area contributed by atoms with Gasteiger partial charge < -0.3 is 33.8 Å². The minimum atomic E-state index is -0.554. The first-order chi connectivity index (χ1) is 10.8. The maximum Gasteiger partial charge on any atom is 0.244 e. The zero-order valence-corrected chi connectivity index (χ0v) is 15.3. The Kier molecular flexibility index (Phi) is 6.41. The standard InChI is InChI=1S/C18H21N2O2.HI/c1-2-19-14-20(18-11-7-6-10-17(18)19)12-15(21)13-22-16-8-4-3-5-9-16;/h3-11,14-15,21H,2,12-13H2,1H3;1H/q+1;/p-1. The van der Waals surface area contributed by atoms with Gasteiger partial charge in [0.05, 0.1) is 6.54 Å². The Morgan fingerprint density at radius 1 is 1.09 bits per heavy atom. The van der Waals surface area contributed by atoms with Crippen LogP contribution in [0.5, 0.6) is 5.75 Å². The Bertz CT molecular complexity index is 743. The lowest BCUT2D eigenvalue weighted by atomic mass is 10.3. The molecule has 0 radical (unpaired) electrons. The first kappa shape index (κ1) is 17.7. The summed E-state index contributed by atoms with van der Waals surface area (Å²) in [6.45, 7) is 3.82. The molecule has 1 heterocycles. The molecule has 0 fully saturated rings. The van der Waals surface area contributed by atoms with Crippen LogP contribution in [0.15, 0.2) is 60.9 Å². The van der Waals surface area contributed by atoms with Gasteiger partial charge in [-0.3, -0.25) is 0 Å². The SMILES string of the molecule is CCn1c[n+](CC(O)COc2ccccc2)c2ccccc21.[I-]. The molecule has 0 aliphatic carbocycles. The number of aromatic nitrogens is 2. The molecule has 0 saturated heterocycles. The fourth-order valence-electron chi connectivity index (χ4n) is 2.63. The smallest absolute Gasteiger partial charge is 0.244 e. The number of fused-ring (bicyclic) bond motifs is 1. The van der Waals surface area contributed by atoms with E-state index in [0.717, 1.165) is 17.8 Å². The van der Waals surface area contributed by atoms with Crippen LogP contribution in [0.2, 0.25) is 0 Å². The molecule has 2 aromatic carbocycles. The van der Waals surface area contributed by atoms with Crippen molar-refractivity contribution in [2.24, 2.45) is 0 Å². The van der Waals surface area contributed by atoms with Crippen LogP contribution in [0.4, 0.5) is 0 Å². The number of para-hydroxylation sites is 3. The van der Waals surface area contributed by atoms with Gasteiger partial charge in [-0.15, -0.1) is 0 Å². The fraction of sp³-hybridized carbons (Fsp3) is 0.278. The molecule has 0 aliphatic rings. The van der Waals surface area contributed by atoms with E-state index in [4.69, 9.17) is 4.74 Å². The largest absolute Gasteiger partial charge is 1.00 e. The minimum Gasteiger partial charge on any atom is -1.00 e. The zero-order chi connectivity index (χ0) is 15.4. The molecule has 0 bridgehead atoms. The molecule has 1 N–H and O–H groups in total. The van der Waals surface area contributed by atoms with Crippen LogP contribution in [0.25, 0.3) is 11.0 Å². The lowest BCUT2D eigenvalue weighted by molar-refractivity contribution is -0.679. The molecule has 4 nitrogen and oxygen atoms in total. The number of rotatable bonds is 6. The summed E-state index contributed by atoms with van der Waals surface area (Å²) in [5.41, 5.74) is 2.31. The van der Waals surface area contributed by atoms with Crippen LogP contribution in [0.3, 0.4) is 0 Å². The summed E-state index contributed by atoms with van der Waals surface area (Å²) in [5.74, 6) is 0.780. The van der Waals surface area contributed by atoms with E-state index in [1.165, 1.54) is 5.52 Å². The third-order valence-electron chi connectivity index (χ3n) is 3.71. The molecular formula is C18H21IN2O2. The molecule has 1 unspecified atom stereocenters. The average Bonchev–Trinajstić information content (AvgIpc) is 2.92. The molecule has 5 heteroatoms. The summed E-state index contributed by atoms with van der Waals surface area (Å²) in [5, 5.41) is 10.3. The van der Waals surface area contributed by atoms with Gasteiger partial charge in [0.1, 0.15) is 25.0 Å². The van der Waals surface area contributed by atoms with Crippen LogP contribution in [-0.4, -0.2) is 22.4 Å². The monoisotopic (exact) mass is 424 g/mol. The van der Waals surface area contributed by atoms with Crippen LogP contribution in [0.1, 0.15) is 6.92 Å². The van der Waals surface area contributed by atoms with Crippen molar-refractivity contribution in [3.63, 3.8) is 0 Å². The van der Waals surface area contributed by atoms with Crippen molar-refractivity contribution in [2.45, 2.75) is 26.1 Å². The van der Waals surface area contributed by atoms with Crippen LogP contribution in [0, 0.1) is 0 Å². The average molecular weight is 424 g/mol. The number of aryl methyl sites for hydroxylation is 1. The highest BCUT2D eigenvalue weighted by Gasteiger charge is 2.17. The van der Waals surface area contributed by atoms with E-state index in [1.54, 1.807) is 0 Å². The number of hydrogen-bond acceptors (Lipinski definition) is 2. The van der Waals surface area contributed by atoms with Gasteiger partial charge in [-0.1, -0.05) is 30.3 Å². The Balaban J connectivity index is 0.00000192. The van der Waals surface area contributed by atoms with Crippen molar-refractivity contribution in [3.8, 4) is 5.75 Å². The maximum atomic E-state index is 10.3. The molecule has 0 saturated carbocycles. The molecule has 0 aliphatic heterocycles.